The van der Waals surface area contributed by atoms with Crippen LogP contribution >= 0.6 is 0 Å². The third kappa shape index (κ3) is 3.45. The second-order valence-corrected chi connectivity index (χ2v) is 5.46. The Morgan fingerprint density at radius 1 is 1.29 bits per heavy atom. The maximum atomic E-state index is 11.8. The van der Waals surface area contributed by atoms with E-state index in [4.69, 9.17) is 4.42 Å². The average molecular weight is 284 g/mol. The highest BCUT2D eigenvalue weighted by Gasteiger charge is 2.29. The molecular weight excluding hydrogens is 264 g/mol. The fourth-order valence-electron chi connectivity index (χ4n) is 2.34. The Hall–Kier alpha value is -2.23. The molecule has 1 aromatic heterocycles. The molecule has 3 rings (SSSR count). The number of nitrogens with one attached hydrogen (secondary N) is 2. The summed E-state index contributed by atoms with van der Waals surface area (Å²) in [4.78, 5) is 11.8. The van der Waals surface area contributed by atoms with Gasteiger partial charge in [-0.3, -0.25) is 4.79 Å². The first-order valence-electron chi connectivity index (χ1n) is 7.47. The van der Waals surface area contributed by atoms with Crippen LogP contribution in [0.4, 0.5) is 11.4 Å². The Morgan fingerprint density at radius 2 is 2.10 bits per heavy atom. The van der Waals surface area contributed by atoms with Gasteiger partial charge in [0.15, 0.2) is 0 Å². The highest BCUT2D eigenvalue weighted by Crippen LogP contribution is 2.31. The maximum absolute atomic E-state index is 11.8. The highest BCUT2D eigenvalue weighted by atomic mass is 16.3. The van der Waals surface area contributed by atoms with Crippen LogP contribution in [0.3, 0.4) is 0 Å². The minimum atomic E-state index is 0.130. The van der Waals surface area contributed by atoms with Crippen LogP contribution in [0.25, 0.3) is 0 Å². The third-order valence-electron chi connectivity index (χ3n) is 3.71. The third-order valence-corrected chi connectivity index (χ3v) is 3.71. The molecule has 1 aromatic carbocycles. The first-order chi connectivity index (χ1) is 10.3. The van der Waals surface area contributed by atoms with Gasteiger partial charge in [-0.25, -0.2) is 0 Å². The molecule has 1 unspecified atom stereocenters. The predicted octanol–water partition coefficient (Wildman–Crippen LogP) is 4.19. The quantitative estimate of drug-likeness (QED) is 0.836. The summed E-state index contributed by atoms with van der Waals surface area (Å²) >= 11 is 0. The smallest absolute Gasteiger partial charge is 0.227 e. The van der Waals surface area contributed by atoms with Crippen molar-refractivity contribution in [2.45, 2.75) is 32.2 Å². The molecule has 1 heterocycles. The van der Waals surface area contributed by atoms with Crippen molar-refractivity contribution in [2.75, 3.05) is 10.6 Å². The van der Waals surface area contributed by atoms with Gasteiger partial charge < -0.3 is 15.1 Å². The van der Waals surface area contributed by atoms with E-state index in [1.54, 1.807) is 6.26 Å². The van der Waals surface area contributed by atoms with Crippen LogP contribution in [0.5, 0.6) is 0 Å². The lowest BCUT2D eigenvalue weighted by molar-refractivity contribution is -0.117. The van der Waals surface area contributed by atoms with E-state index in [9.17, 15) is 4.79 Å². The molecule has 4 heteroatoms. The van der Waals surface area contributed by atoms with Crippen molar-refractivity contribution in [3.8, 4) is 0 Å². The van der Waals surface area contributed by atoms with Gasteiger partial charge >= 0.3 is 0 Å². The van der Waals surface area contributed by atoms with Crippen molar-refractivity contribution in [3.63, 3.8) is 0 Å². The van der Waals surface area contributed by atoms with Gasteiger partial charge in [0.05, 0.1) is 12.3 Å². The molecule has 0 radical (unpaired) electrons. The standard InChI is InChI=1S/C17H20N2O2/c1-2-15(16-7-4-10-21-16)18-13-5-3-6-14(11-13)19-17(20)12-8-9-12/h3-7,10-12,15,18H,2,8-9H2,1H3,(H,19,20). The Balaban J connectivity index is 1.68. The summed E-state index contributed by atoms with van der Waals surface area (Å²) in [6.45, 7) is 2.11. The van der Waals surface area contributed by atoms with Gasteiger partial charge in [-0.1, -0.05) is 13.0 Å². The fourth-order valence-corrected chi connectivity index (χ4v) is 2.34. The zero-order chi connectivity index (χ0) is 14.7. The van der Waals surface area contributed by atoms with Gasteiger partial charge in [-0.05, 0) is 49.6 Å². The fraction of sp³-hybridized carbons (Fsp3) is 0.353. The molecule has 2 aromatic rings. The number of benzene rings is 1. The van der Waals surface area contributed by atoms with Crippen LogP contribution in [0.1, 0.15) is 38.0 Å². The number of carbonyl (C=O) groups excluding carboxylic acids is 1. The first kappa shape index (κ1) is 13.7. The van der Waals surface area contributed by atoms with Gasteiger partial charge in [0.1, 0.15) is 5.76 Å². The molecule has 1 atom stereocenters. The monoisotopic (exact) mass is 284 g/mol. The Bertz CT molecular complexity index is 603. The van der Waals surface area contributed by atoms with E-state index in [1.807, 2.05) is 36.4 Å². The van der Waals surface area contributed by atoms with Gasteiger partial charge in [-0.2, -0.15) is 0 Å². The maximum Gasteiger partial charge on any atom is 0.227 e. The van der Waals surface area contributed by atoms with Crippen molar-refractivity contribution in [2.24, 2.45) is 5.92 Å². The van der Waals surface area contributed by atoms with Crippen molar-refractivity contribution in [1.29, 1.82) is 0 Å². The lowest BCUT2D eigenvalue weighted by Crippen LogP contribution is -2.14. The lowest BCUT2D eigenvalue weighted by atomic mass is 10.1. The van der Waals surface area contributed by atoms with Crippen LogP contribution < -0.4 is 10.6 Å². The molecule has 110 valence electrons. The molecule has 1 aliphatic rings. The van der Waals surface area contributed by atoms with Crippen LogP contribution in [-0.2, 0) is 4.79 Å². The zero-order valence-electron chi connectivity index (χ0n) is 12.1. The van der Waals surface area contributed by atoms with Crippen molar-refractivity contribution < 1.29 is 9.21 Å². The predicted molar refractivity (Wildman–Crippen MR) is 83.2 cm³/mol. The average Bonchev–Trinajstić information content (AvgIpc) is 3.21. The van der Waals surface area contributed by atoms with E-state index in [2.05, 4.69) is 17.6 Å². The van der Waals surface area contributed by atoms with Gasteiger partial charge in [0, 0.05) is 17.3 Å². The van der Waals surface area contributed by atoms with Crippen molar-refractivity contribution in [1.82, 2.24) is 0 Å². The summed E-state index contributed by atoms with van der Waals surface area (Å²) in [5.74, 6) is 1.27. The van der Waals surface area contributed by atoms with E-state index < -0.39 is 0 Å². The van der Waals surface area contributed by atoms with E-state index in [-0.39, 0.29) is 17.9 Å². The molecule has 1 amide bonds. The molecule has 0 saturated heterocycles. The summed E-state index contributed by atoms with van der Waals surface area (Å²) in [6, 6.07) is 11.8. The van der Waals surface area contributed by atoms with Gasteiger partial charge in [0.25, 0.3) is 0 Å². The minimum Gasteiger partial charge on any atom is -0.467 e. The second kappa shape index (κ2) is 6.04. The SMILES string of the molecule is CCC(Nc1cccc(NC(=O)C2CC2)c1)c1ccco1. The minimum absolute atomic E-state index is 0.130. The topological polar surface area (TPSA) is 54.3 Å². The molecular formula is C17H20N2O2. The van der Waals surface area contributed by atoms with Crippen LogP contribution in [0.2, 0.25) is 0 Å². The number of rotatable bonds is 6. The Labute approximate surface area is 124 Å². The van der Waals surface area contributed by atoms with Crippen LogP contribution in [-0.4, -0.2) is 5.91 Å². The number of carbonyl (C=O) groups is 1. The summed E-state index contributed by atoms with van der Waals surface area (Å²) in [6.07, 6.45) is 4.64. The van der Waals surface area contributed by atoms with Crippen LogP contribution in [0, 0.1) is 5.92 Å². The van der Waals surface area contributed by atoms with Crippen molar-refractivity contribution >= 4 is 17.3 Å². The number of hydrogen-bond acceptors (Lipinski definition) is 3. The molecule has 2 N–H and O–H groups in total. The number of hydrogen-bond donors (Lipinski definition) is 2. The summed E-state index contributed by atoms with van der Waals surface area (Å²) in [5, 5.41) is 6.41. The highest BCUT2D eigenvalue weighted by molar-refractivity contribution is 5.94. The summed E-state index contributed by atoms with van der Waals surface area (Å²) < 4.78 is 5.46. The van der Waals surface area contributed by atoms with Gasteiger partial charge in [0.2, 0.25) is 5.91 Å². The van der Waals surface area contributed by atoms with Gasteiger partial charge in [-0.15, -0.1) is 0 Å². The number of amides is 1. The van der Waals surface area contributed by atoms with E-state index in [1.165, 1.54) is 0 Å². The van der Waals surface area contributed by atoms with Crippen LogP contribution in [0.15, 0.2) is 47.1 Å². The van der Waals surface area contributed by atoms with E-state index in [0.29, 0.717) is 0 Å². The molecule has 21 heavy (non-hydrogen) atoms. The normalized spacial score (nSPS) is 15.5. The zero-order valence-corrected chi connectivity index (χ0v) is 12.1. The molecule has 0 aliphatic heterocycles. The van der Waals surface area contributed by atoms with E-state index in [0.717, 1.165) is 36.4 Å². The second-order valence-electron chi connectivity index (χ2n) is 5.46. The molecule has 4 nitrogen and oxygen atoms in total. The first-order valence-corrected chi connectivity index (χ1v) is 7.47. The molecule has 0 bridgehead atoms. The molecule has 0 spiro atoms. The summed E-state index contributed by atoms with van der Waals surface area (Å²) in [5.41, 5.74) is 1.82. The Kier molecular flexibility index (Phi) is 3.95. The summed E-state index contributed by atoms with van der Waals surface area (Å²) in [7, 11) is 0. The number of anilines is 2. The molecule has 1 aliphatic carbocycles. The van der Waals surface area contributed by atoms with Crippen molar-refractivity contribution in [3.05, 3.63) is 48.4 Å². The van der Waals surface area contributed by atoms with E-state index >= 15 is 0 Å². The molecule has 1 saturated carbocycles. The number of furan rings is 1. The lowest BCUT2D eigenvalue weighted by Gasteiger charge is -2.16. The largest absolute Gasteiger partial charge is 0.467 e. The Morgan fingerprint density at radius 3 is 2.76 bits per heavy atom. The molecule has 1 fully saturated rings.